The van der Waals surface area contributed by atoms with E-state index in [4.69, 9.17) is 0 Å². The van der Waals surface area contributed by atoms with Crippen molar-refractivity contribution in [2.75, 3.05) is 0 Å². The Kier molecular flexibility index (Phi) is 2.95. The first-order valence-electron chi connectivity index (χ1n) is 6.14. The minimum atomic E-state index is -2.61. The second-order valence-electron chi connectivity index (χ2n) is 5.22. The number of aromatic amines is 1. The van der Waals surface area contributed by atoms with Crippen LogP contribution in [0.4, 0.5) is 8.78 Å². The fraction of sp³-hybridized carbons (Fsp3) is 0.667. The van der Waals surface area contributed by atoms with Crippen molar-refractivity contribution in [1.82, 2.24) is 9.97 Å². The maximum Gasteiger partial charge on any atom is 0.264 e. The molecule has 2 aliphatic rings. The highest BCUT2D eigenvalue weighted by Gasteiger charge is 2.41. The molecule has 0 aromatic carbocycles. The summed E-state index contributed by atoms with van der Waals surface area (Å²) in [6.07, 6.45) is 2.20. The van der Waals surface area contributed by atoms with Crippen LogP contribution in [0.2, 0.25) is 0 Å². The monoisotopic (exact) mass is 366 g/mol. The molecular formula is C12H13F2IN2O. The maximum absolute atomic E-state index is 13.2. The molecule has 1 aromatic rings. The second-order valence-corrected chi connectivity index (χ2v) is 6.30. The molecule has 3 rings (SSSR count). The van der Waals surface area contributed by atoms with Gasteiger partial charge in [0, 0.05) is 24.7 Å². The molecular weight excluding hydrogens is 353 g/mol. The van der Waals surface area contributed by atoms with E-state index in [1.165, 1.54) is 0 Å². The summed E-state index contributed by atoms with van der Waals surface area (Å²) in [6, 6.07) is 0. The summed E-state index contributed by atoms with van der Waals surface area (Å²) in [5, 5.41) is 0. The largest absolute Gasteiger partial charge is 0.309 e. The summed E-state index contributed by atoms with van der Waals surface area (Å²) in [5.41, 5.74) is 0.627. The van der Waals surface area contributed by atoms with E-state index in [0.29, 0.717) is 21.7 Å². The Labute approximate surface area is 117 Å². The summed E-state index contributed by atoms with van der Waals surface area (Å²) >= 11 is 1.99. The third kappa shape index (κ3) is 2.31. The van der Waals surface area contributed by atoms with Crippen LogP contribution in [0.5, 0.6) is 0 Å². The third-order valence-corrected chi connectivity index (χ3v) is 4.70. The average molecular weight is 366 g/mol. The van der Waals surface area contributed by atoms with E-state index in [2.05, 4.69) is 9.97 Å². The van der Waals surface area contributed by atoms with E-state index in [0.717, 1.165) is 18.5 Å². The zero-order valence-electron chi connectivity index (χ0n) is 9.68. The molecule has 1 heterocycles. The van der Waals surface area contributed by atoms with Gasteiger partial charge in [-0.05, 0) is 41.9 Å². The molecule has 98 valence electrons. The molecule has 2 aliphatic carbocycles. The van der Waals surface area contributed by atoms with Gasteiger partial charge in [-0.1, -0.05) is 0 Å². The Hall–Kier alpha value is -0.530. The van der Waals surface area contributed by atoms with Gasteiger partial charge in [0.15, 0.2) is 0 Å². The van der Waals surface area contributed by atoms with E-state index in [1.54, 1.807) is 0 Å². The van der Waals surface area contributed by atoms with E-state index in [1.807, 2.05) is 22.6 Å². The zero-order chi connectivity index (χ0) is 12.9. The van der Waals surface area contributed by atoms with Crippen LogP contribution in [-0.4, -0.2) is 15.9 Å². The Morgan fingerprint density at radius 1 is 1.28 bits per heavy atom. The van der Waals surface area contributed by atoms with Gasteiger partial charge in [0.05, 0.1) is 9.26 Å². The maximum atomic E-state index is 13.2. The summed E-state index contributed by atoms with van der Waals surface area (Å²) in [5.74, 6) is -2.09. The Bertz CT molecular complexity index is 539. The predicted molar refractivity (Wildman–Crippen MR) is 71.1 cm³/mol. The minimum absolute atomic E-state index is 0.105. The molecule has 0 amide bonds. The van der Waals surface area contributed by atoms with Crippen LogP contribution in [0.3, 0.4) is 0 Å². The van der Waals surface area contributed by atoms with E-state index in [9.17, 15) is 13.6 Å². The lowest BCUT2D eigenvalue weighted by Gasteiger charge is -2.12. The Balaban J connectivity index is 1.95. The number of hydrogen-bond donors (Lipinski definition) is 1. The first kappa shape index (κ1) is 12.5. The van der Waals surface area contributed by atoms with Gasteiger partial charge in [-0.15, -0.1) is 0 Å². The molecule has 1 atom stereocenters. The van der Waals surface area contributed by atoms with Gasteiger partial charge in [0.1, 0.15) is 5.82 Å². The lowest BCUT2D eigenvalue weighted by molar-refractivity contribution is 0.00752. The minimum Gasteiger partial charge on any atom is -0.309 e. The molecule has 18 heavy (non-hydrogen) atoms. The first-order valence-corrected chi connectivity index (χ1v) is 7.21. The number of nitrogens with zero attached hydrogens (tertiary/aromatic N) is 1. The van der Waals surface area contributed by atoms with Gasteiger partial charge in [-0.25, -0.2) is 13.8 Å². The first-order chi connectivity index (χ1) is 8.46. The SMILES string of the molecule is O=c1[nH]c(C2CCC(F)(F)C2)nc(C2CC2)c1I. The molecule has 2 fully saturated rings. The molecule has 1 N–H and O–H groups in total. The van der Waals surface area contributed by atoms with Gasteiger partial charge in [0.25, 0.3) is 5.56 Å². The van der Waals surface area contributed by atoms with Crippen molar-refractivity contribution in [3.05, 3.63) is 25.4 Å². The molecule has 0 aliphatic heterocycles. The summed E-state index contributed by atoms with van der Waals surface area (Å²) < 4.78 is 27.0. The molecule has 1 aromatic heterocycles. The molecule has 3 nitrogen and oxygen atoms in total. The van der Waals surface area contributed by atoms with Crippen LogP contribution in [0.25, 0.3) is 0 Å². The van der Waals surface area contributed by atoms with Crippen LogP contribution in [0, 0.1) is 3.57 Å². The zero-order valence-corrected chi connectivity index (χ0v) is 11.8. The van der Waals surface area contributed by atoms with Gasteiger partial charge < -0.3 is 4.98 Å². The average Bonchev–Trinajstić information content (AvgIpc) is 3.07. The van der Waals surface area contributed by atoms with Crippen molar-refractivity contribution in [3.63, 3.8) is 0 Å². The normalized spacial score (nSPS) is 26.5. The van der Waals surface area contributed by atoms with Crippen molar-refractivity contribution in [2.24, 2.45) is 0 Å². The molecule has 0 saturated heterocycles. The van der Waals surface area contributed by atoms with Crippen molar-refractivity contribution in [3.8, 4) is 0 Å². The van der Waals surface area contributed by atoms with Crippen molar-refractivity contribution >= 4 is 22.6 Å². The molecule has 6 heteroatoms. The van der Waals surface area contributed by atoms with Crippen LogP contribution < -0.4 is 5.56 Å². The van der Waals surface area contributed by atoms with Crippen LogP contribution >= 0.6 is 22.6 Å². The lowest BCUT2D eigenvalue weighted by Crippen LogP contribution is -2.20. The van der Waals surface area contributed by atoms with Gasteiger partial charge in [-0.2, -0.15) is 0 Å². The predicted octanol–water partition coefficient (Wildman–Crippen LogP) is 3.15. The highest BCUT2D eigenvalue weighted by atomic mass is 127. The number of rotatable bonds is 2. The molecule has 1 unspecified atom stereocenters. The van der Waals surface area contributed by atoms with Crippen LogP contribution in [0.15, 0.2) is 4.79 Å². The summed E-state index contributed by atoms with van der Waals surface area (Å²) in [6.45, 7) is 0. The van der Waals surface area contributed by atoms with Crippen molar-refractivity contribution in [1.29, 1.82) is 0 Å². The third-order valence-electron chi connectivity index (χ3n) is 3.66. The van der Waals surface area contributed by atoms with E-state index in [-0.39, 0.29) is 24.3 Å². The number of aromatic nitrogens is 2. The number of hydrogen-bond acceptors (Lipinski definition) is 2. The van der Waals surface area contributed by atoms with E-state index < -0.39 is 5.92 Å². The van der Waals surface area contributed by atoms with E-state index >= 15 is 0 Å². The lowest BCUT2D eigenvalue weighted by atomic mass is 10.1. The summed E-state index contributed by atoms with van der Waals surface area (Å²) in [4.78, 5) is 18.9. The van der Waals surface area contributed by atoms with Crippen LogP contribution in [0.1, 0.15) is 55.5 Å². The van der Waals surface area contributed by atoms with Gasteiger partial charge in [-0.3, -0.25) is 4.79 Å². The smallest absolute Gasteiger partial charge is 0.264 e. The number of alkyl halides is 2. The van der Waals surface area contributed by atoms with Crippen molar-refractivity contribution < 1.29 is 8.78 Å². The number of H-pyrrole nitrogens is 1. The quantitative estimate of drug-likeness (QED) is 0.818. The topological polar surface area (TPSA) is 45.8 Å². The summed E-state index contributed by atoms with van der Waals surface area (Å²) in [7, 11) is 0. The Morgan fingerprint density at radius 3 is 2.56 bits per heavy atom. The number of nitrogens with one attached hydrogen (secondary N) is 1. The fourth-order valence-corrected chi connectivity index (χ4v) is 3.19. The van der Waals surface area contributed by atoms with Gasteiger partial charge in [0.2, 0.25) is 5.92 Å². The van der Waals surface area contributed by atoms with Crippen LogP contribution in [-0.2, 0) is 0 Å². The second kappa shape index (κ2) is 4.25. The molecule has 2 saturated carbocycles. The Morgan fingerprint density at radius 2 is 2.00 bits per heavy atom. The van der Waals surface area contributed by atoms with Gasteiger partial charge >= 0.3 is 0 Å². The fourth-order valence-electron chi connectivity index (χ4n) is 2.50. The highest BCUT2D eigenvalue weighted by Crippen LogP contribution is 2.44. The molecule has 0 spiro atoms. The number of halogens is 3. The molecule has 0 bridgehead atoms. The van der Waals surface area contributed by atoms with Crippen molar-refractivity contribution in [2.45, 2.75) is 49.9 Å². The highest BCUT2D eigenvalue weighted by molar-refractivity contribution is 14.1. The molecule has 0 radical (unpaired) electrons. The standard InChI is InChI=1S/C12H13F2IN2O/c13-12(14)4-3-7(5-12)10-16-9(6-1-2-6)8(15)11(18)17-10/h6-7H,1-5H2,(H,16,17,18).